The van der Waals surface area contributed by atoms with E-state index in [9.17, 15) is 1.37 Å². The summed E-state index contributed by atoms with van der Waals surface area (Å²) in [7, 11) is 0. The summed E-state index contributed by atoms with van der Waals surface area (Å²) in [5.74, 6) is -1.07. The van der Waals surface area contributed by atoms with E-state index in [1.54, 1.807) is 36.4 Å². The van der Waals surface area contributed by atoms with Crippen molar-refractivity contribution in [2.24, 2.45) is 5.41 Å². The quantitative estimate of drug-likeness (QED) is 0.248. The third-order valence-electron chi connectivity index (χ3n) is 7.79. The van der Waals surface area contributed by atoms with Gasteiger partial charge in [0.05, 0.1) is 5.69 Å². The minimum absolute atomic E-state index is 0.0330. The lowest BCUT2D eigenvalue weighted by molar-refractivity contribution is 0.224. The van der Waals surface area contributed by atoms with Crippen molar-refractivity contribution in [2.75, 3.05) is 0 Å². The molecule has 37 heavy (non-hydrogen) atoms. The standard InChI is InChI=1S/C34H36N2O/c1-20-17-29(21(2)16-28(20)24-12-14-34(5,6)15-13-24)30-18-31(35-19-22(30)3)27-9-7-8-25-26-11-10-23(4)36-33(26)37-32(25)27/h7-11,16-19,24H,12-15H2,1-6H3/i1D3,3D3,4D3,24D. The molecule has 0 aliphatic heterocycles. The van der Waals surface area contributed by atoms with E-state index in [4.69, 9.17) is 16.8 Å². The van der Waals surface area contributed by atoms with Gasteiger partial charge < -0.3 is 4.42 Å². The summed E-state index contributed by atoms with van der Waals surface area (Å²) in [4.78, 5) is 8.77. The fraction of sp³-hybridized carbons (Fsp3) is 0.353. The lowest BCUT2D eigenvalue weighted by atomic mass is 9.70. The summed E-state index contributed by atoms with van der Waals surface area (Å²) in [6, 6.07) is 13.4. The first-order valence-corrected chi connectivity index (χ1v) is 12.7. The number of hydrogen-bond acceptors (Lipinski definition) is 3. The lowest BCUT2D eigenvalue weighted by Gasteiger charge is -2.35. The molecular weight excluding hydrogens is 452 g/mol. The van der Waals surface area contributed by atoms with E-state index >= 15 is 0 Å². The predicted octanol–water partition coefficient (Wildman–Crippen LogP) is 9.63. The van der Waals surface area contributed by atoms with Gasteiger partial charge in [0.1, 0.15) is 5.58 Å². The molecule has 5 aromatic rings. The van der Waals surface area contributed by atoms with Crippen LogP contribution in [0, 0.1) is 32.9 Å². The predicted molar refractivity (Wildman–Crippen MR) is 154 cm³/mol. The molecule has 0 atom stereocenters. The molecule has 1 fully saturated rings. The minimum Gasteiger partial charge on any atom is -0.437 e. The lowest BCUT2D eigenvalue weighted by Crippen LogP contribution is -2.20. The Morgan fingerprint density at radius 1 is 0.892 bits per heavy atom. The second-order valence-corrected chi connectivity index (χ2v) is 10.9. The first kappa shape index (κ1) is 15.1. The summed E-state index contributed by atoms with van der Waals surface area (Å²) in [6.07, 6.45) is 3.96. The maximum atomic E-state index is 9.39. The molecule has 1 aliphatic carbocycles. The highest BCUT2D eigenvalue weighted by atomic mass is 16.3. The van der Waals surface area contributed by atoms with E-state index in [1.807, 2.05) is 13.0 Å². The van der Waals surface area contributed by atoms with Crippen LogP contribution in [-0.2, 0) is 0 Å². The number of pyridine rings is 2. The number of rotatable bonds is 3. The molecule has 0 N–H and O–H groups in total. The number of benzene rings is 2. The summed E-state index contributed by atoms with van der Waals surface area (Å²) in [6.45, 7) is -1.35. The molecule has 0 bridgehead atoms. The highest BCUT2D eigenvalue weighted by Crippen LogP contribution is 2.44. The van der Waals surface area contributed by atoms with Crippen LogP contribution >= 0.6 is 0 Å². The Balaban J connectivity index is 1.55. The molecule has 0 spiro atoms. The highest BCUT2D eigenvalue weighted by molar-refractivity contribution is 6.08. The topological polar surface area (TPSA) is 38.9 Å². The first-order chi connectivity index (χ1) is 21.7. The van der Waals surface area contributed by atoms with Crippen molar-refractivity contribution >= 4 is 22.1 Å². The molecule has 0 unspecified atom stereocenters. The summed E-state index contributed by atoms with van der Waals surface area (Å²) >= 11 is 0. The van der Waals surface area contributed by atoms with Crippen LogP contribution in [0.2, 0.25) is 0 Å². The molecule has 1 aliphatic rings. The van der Waals surface area contributed by atoms with Crippen molar-refractivity contribution in [3.05, 3.63) is 82.7 Å². The van der Waals surface area contributed by atoms with Gasteiger partial charge in [0.2, 0.25) is 5.71 Å². The highest BCUT2D eigenvalue weighted by Gasteiger charge is 2.28. The summed E-state index contributed by atoms with van der Waals surface area (Å²) in [5, 5.41) is 1.31. The summed E-state index contributed by atoms with van der Waals surface area (Å²) < 4.78 is 89.0. The number of para-hydroxylation sites is 1. The average Bonchev–Trinajstić information content (AvgIpc) is 3.35. The number of furan rings is 1. The second-order valence-electron chi connectivity index (χ2n) is 10.9. The van der Waals surface area contributed by atoms with E-state index in [0.29, 0.717) is 62.7 Å². The molecule has 3 aromatic heterocycles. The largest absolute Gasteiger partial charge is 0.437 e. The van der Waals surface area contributed by atoms with Crippen LogP contribution < -0.4 is 0 Å². The van der Waals surface area contributed by atoms with Gasteiger partial charge in [-0.25, -0.2) is 4.98 Å². The van der Waals surface area contributed by atoms with Crippen LogP contribution in [0.3, 0.4) is 0 Å². The van der Waals surface area contributed by atoms with Crippen LogP contribution in [-0.4, -0.2) is 9.97 Å². The molecule has 6 rings (SSSR count). The van der Waals surface area contributed by atoms with Crippen molar-refractivity contribution in [3.63, 3.8) is 0 Å². The summed E-state index contributed by atoms with van der Waals surface area (Å²) in [5.41, 5.74) is 3.38. The first-order valence-electron chi connectivity index (χ1n) is 17.7. The zero-order valence-electron chi connectivity index (χ0n) is 31.3. The molecule has 0 saturated heterocycles. The fourth-order valence-electron chi connectivity index (χ4n) is 5.49. The smallest absolute Gasteiger partial charge is 0.227 e. The molecule has 1 saturated carbocycles. The maximum absolute atomic E-state index is 9.39. The molecule has 188 valence electrons. The zero-order chi connectivity index (χ0) is 34.3. The van der Waals surface area contributed by atoms with E-state index in [0.717, 1.165) is 12.8 Å². The Morgan fingerprint density at radius 2 is 1.70 bits per heavy atom. The molecule has 2 aromatic carbocycles. The monoisotopic (exact) mass is 498 g/mol. The van der Waals surface area contributed by atoms with Crippen LogP contribution in [0.1, 0.15) is 87.1 Å². The van der Waals surface area contributed by atoms with Crippen molar-refractivity contribution in [1.82, 2.24) is 9.97 Å². The van der Waals surface area contributed by atoms with Gasteiger partial charge in [0.25, 0.3) is 0 Å². The SMILES string of the molecule is [2H]C([2H])([2H])c1ccc2c(n1)oc1c(-c3cc(-c4cc(C([2H])([2H])[2H])c(C5([2H])CCC(C)(C)CC5)cc4C)c(C([2H])([2H])[2H])cn3)cccc12. The number of aryl methyl sites for hydroxylation is 4. The average molecular weight is 499 g/mol. The van der Waals surface area contributed by atoms with Gasteiger partial charge in [-0.15, -0.1) is 0 Å². The normalized spacial score (nSPS) is 21.9. The van der Waals surface area contributed by atoms with Gasteiger partial charge in [0, 0.05) is 41.9 Å². The van der Waals surface area contributed by atoms with Crippen molar-refractivity contribution in [3.8, 4) is 22.4 Å². The van der Waals surface area contributed by atoms with Crippen LogP contribution in [0.5, 0.6) is 0 Å². The van der Waals surface area contributed by atoms with Crippen molar-refractivity contribution in [1.29, 1.82) is 0 Å². The van der Waals surface area contributed by atoms with E-state index in [2.05, 4.69) is 23.8 Å². The molecule has 3 heteroatoms. The van der Waals surface area contributed by atoms with E-state index < -0.39 is 26.4 Å². The van der Waals surface area contributed by atoms with Gasteiger partial charge in [0.15, 0.2) is 0 Å². The van der Waals surface area contributed by atoms with Gasteiger partial charge in [-0.3, -0.25) is 4.98 Å². The Hall–Kier alpha value is -3.46. The second kappa shape index (κ2) is 8.83. The van der Waals surface area contributed by atoms with Gasteiger partial charge in [-0.05, 0) is 122 Å². The van der Waals surface area contributed by atoms with Crippen LogP contribution in [0.25, 0.3) is 44.5 Å². The zero-order valence-corrected chi connectivity index (χ0v) is 21.3. The van der Waals surface area contributed by atoms with E-state index in [-0.39, 0.29) is 27.9 Å². The molecular formula is C34H36N2O. The Morgan fingerprint density at radius 3 is 2.49 bits per heavy atom. The van der Waals surface area contributed by atoms with Gasteiger partial charge in [-0.1, -0.05) is 38.1 Å². The number of aromatic nitrogens is 2. The van der Waals surface area contributed by atoms with Gasteiger partial charge >= 0.3 is 0 Å². The fourth-order valence-corrected chi connectivity index (χ4v) is 5.49. The number of fused-ring (bicyclic) bond motifs is 3. The van der Waals surface area contributed by atoms with Crippen LogP contribution in [0.4, 0.5) is 0 Å². The molecule has 3 heterocycles. The molecule has 3 nitrogen and oxygen atoms in total. The minimum atomic E-state index is -2.56. The van der Waals surface area contributed by atoms with Gasteiger partial charge in [-0.2, -0.15) is 0 Å². The molecule has 0 radical (unpaired) electrons. The third kappa shape index (κ3) is 4.25. The van der Waals surface area contributed by atoms with Crippen molar-refractivity contribution in [2.45, 2.75) is 72.9 Å². The molecule has 0 amide bonds. The van der Waals surface area contributed by atoms with Crippen molar-refractivity contribution < 1.29 is 18.1 Å². The Bertz CT molecular complexity index is 2010. The van der Waals surface area contributed by atoms with E-state index in [1.165, 1.54) is 12.3 Å². The Kier molecular flexibility index (Phi) is 3.60. The van der Waals surface area contributed by atoms with Crippen LogP contribution in [0.15, 0.2) is 59.1 Å². The third-order valence-corrected chi connectivity index (χ3v) is 7.79. The Labute approximate surface area is 234 Å². The maximum Gasteiger partial charge on any atom is 0.227 e. The number of nitrogens with zero attached hydrogens (tertiary/aromatic N) is 2. The number of hydrogen-bond donors (Lipinski definition) is 0.